The number of aromatic amines is 1. The van der Waals surface area contributed by atoms with Crippen molar-refractivity contribution in [3.8, 4) is 0 Å². The van der Waals surface area contributed by atoms with Crippen LogP contribution in [0.25, 0.3) is 0 Å². The molecule has 1 amide bonds. The zero-order valence-electron chi connectivity index (χ0n) is 8.78. The number of amides is 1. The quantitative estimate of drug-likeness (QED) is 0.759. The van der Waals surface area contributed by atoms with Crippen LogP contribution >= 0.6 is 12.2 Å². The van der Waals surface area contributed by atoms with Gasteiger partial charge in [0.15, 0.2) is 4.77 Å². The van der Waals surface area contributed by atoms with E-state index in [-0.39, 0.29) is 11.9 Å². The van der Waals surface area contributed by atoms with E-state index in [0.29, 0.717) is 10.7 Å². The Kier molecular flexibility index (Phi) is 2.60. The van der Waals surface area contributed by atoms with Crippen molar-refractivity contribution < 1.29 is 4.79 Å². The van der Waals surface area contributed by atoms with Gasteiger partial charge in [-0.05, 0) is 32.0 Å². The van der Waals surface area contributed by atoms with E-state index in [4.69, 9.17) is 12.2 Å². The molecule has 5 nitrogen and oxygen atoms in total. The number of nitrogens with zero attached hydrogens (tertiary/aromatic N) is 2. The van der Waals surface area contributed by atoms with Crippen LogP contribution in [-0.4, -0.2) is 27.7 Å². The van der Waals surface area contributed by atoms with Crippen molar-refractivity contribution in [1.82, 2.24) is 20.1 Å². The molecule has 1 saturated carbocycles. The van der Waals surface area contributed by atoms with E-state index >= 15 is 0 Å². The first kappa shape index (κ1) is 10.4. The van der Waals surface area contributed by atoms with Gasteiger partial charge in [-0.1, -0.05) is 0 Å². The highest BCUT2D eigenvalue weighted by atomic mass is 32.1. The zero-order chi connectivity index (χ0) is 11.0. The van der Waals surface area contributed by atoms with Crippen molar-refractivity contribution in [3.05, 3.63) is 10.6 Å². The molecule has 0 bridgehead atoms. The molecule has 1 aliphatic carbocycles. The van der Waals surface area contributed by atoms with Gasteiger partial charge in [-0.25, -0.2) is 0 Å². The second kappa shape index (κ2) is 3.77. The predicted octanol–water partition coefficient (Wildman–Crippen LogP) is 1.13. The van der Waals surface area contributed by atoms with Crippen molar-refractivity contribution in [2.75, 3.05) is 7.05 Å². The van der Waals surface area contributed by atoms with Crippen molar-refractivity contribution in [2.24, 2.45) is 0 Å². The molecule has 1 heterocycles. The molecule has 0 aliphatic heterocycles. The maximum atomic E-state index is 11.5. The van der Waals surface area contributed by atoms with Gasteiger partial charge in [0.2, 0.25) is 5.91 Å². The number of carbonyl (C=O) groups excluding carboxylic acids is 1. The van der Waals surface area contributed by atoms with Crippen LogP contribution in [0.15, 0.2) is 0 Å². The normalized spacial score (nSPS) is 17.5. The van der Waals surface area contributed by atoms with Crippen LogP contribution in [0, 0.1) is 4.77 Å². The fraction of sp³-hybridized carbons (Fsp3) is 0.667. The molecule has 15 heavy (non-hydrogen) atoms. The lowest BCUT2D eigenvalue weighted by atomic mass is 10.3. The summed E-state index contributed by atoms with van der Waals surface area (Å²) in [7, 11) is 1.62. The molecule has 1 atom stereocenters. The number of likely N-dealkylation sites (N-methyl/N-ethyl adjacent to an activating group) is 1. The van der Waals surface area contributed by atoms with E-state index in [9.17, 15) is 4.79 Å². The van der Waals surface area contributed by atoms with Crippen molar-refractivity contribution in [2.45, 2.75) is 31.7 Å². The lowest BCUT2D eigenvalue weighted by molar-refractivity contribution is -0.123. The standard InChI is InChI=1S/C9H14N4OS/c1-5(8(14)10-2)13-7(6-3-4-6)11-12-9(13)15/h5-6H,3-4H2,1-2H3,(H,10,14)(H,12,15). The monoisotopic (exact) mass is 226 g/mol. The van der Waals surface area contributed by atoms with E-state index in [1.807, 2.05) is 11.5 Å². The minimum Gasteiger partial charge on any atom is -0.357 e. The molecule has 0 radical (unpaired) electrons. The first-order valence-electron chi connectivity index (χ1n) is 5.03. The van der Waals surface area contributed by atoms with Gasteiger partial charge in [0.1, 0.15) is 11.9 Å². The minimum absolute atomic E-state index is 0.0469. The number of nitrogens with one attached hydrogen (secondary N) is 2. The summed E-state index contributed by atoms with van der Waals surface area (Å²) < 4.78 is 2.33. The first-order valence-corrected chi connectivity index (χ1v) is 5.44. The smallest absolute Gasteiger partial charge is 0.242 e. The SMILES string of the molecule is CNC(=O)C(C)n1c(C2CC2)n[nH]c1=S. The van der Waals surface area contributed by atoms with E-state index < -0.39 is 0 Å². The summed E-state index contributed by atoms with van der Waals surface area (Å²) in [6, 6.07) is -0.295. The van der Waals surface area contributed by atoms with E-state index in [0.717, 1.165) is 18.7 Å². The molecule has 1 aromatic rings. The van der Waals surface area contributed by atoms with Gasteiger partial charge in [0.05, 0.1) is 0 Å². The summed E-state index contributed by atoms with van der Waals surface area (Å²) in [5, 5.41) is 9.55. The van der Waals surface area contributed by atoms with Gasteiger partial charge in [0, 0.05) is 13.0 Å². The molecule has 0 saturated heterocycles. The van der Waals surface area contributed by atoms with E-state index in [1.54, 1.807) is 7.05 Å². The van der Waals surface area contributed by atoms with Crippen molar-refractivity contribution in [1.29, 1.82) is 0 Å². The van der Waals surface area contributed by atoms with E-state index in [1.165, 1.54) is 0 Å². The van der Waals surface area contributed by atoms with Crippen LogP contribution in [0.1, 0.15) is 37.5 Å². The average molecular weight is 226 g/mol. The van der Waals surface area contributed by atoms with E-state index in [2.05, 4.69) is 15.5 Å². The van der Waals surface area contributed by atoms with Gasteiger partial charge < -0.3 is 5.32 Å². The molecule has 2 rings (SSSR count). The first-order chi connectivity index (χ1) is 7.15. The molecular weight excluding hydrogens is 212 g/mol. The molecule has 82 valence electrons. The number of hydrogen-bond donors (Lipinski definition) is 2. The van der Waals surface area contributed by atoms with Gasteiger partial charge in [-0.2, -0.15) is 5.10 Å². The topological polar surface area (TPSA) is 62.7 Å². The third-order valence-electron chi connectivity index (χ3n) is 2.69. The van der Waals surface area contributed by atoms with Crippen LogP contribution in [0.3, 0.4) is 0 Å². The van der Waals surface area contributed by atoms with Crippen molar-refractivity contribution in [3.63, 3.8) is 0 Å². The number of H-pyrrole nitrogens is 1. The Morgan fingerprint density at radius 1 is 1.73 bits per heavy atom. The Balaban J connectivity index is 2.36. The maximum absolute atomic E-state index is 11.5. The van der Waals surface area contributed by atoms with Gasteiger partial charge in [-0.3, -0.25) is 14.5 Å². The second-order valence-electron chi connectivity index (χ2n) is 3.82. The molecule has 1 aliphatic rings. The molecule has 1 unspecified atom stereocenters. The second-order valence-corrected chi connectivity index (χ2v) is 4.21. The van der Waals surface area contributed by atoms with Crippen LogP contribution in [0.5, 0.6) is 0 Å². The third kappa shape index (κ3) is 1.81. The predicted molar refractivity (Wildman–Crippen MR) is 58.2 cm³/mol. The lowest BCUT2D eigenvalue weighted by Gasteiger charge is -2.13. The molecule has 1 fully saturated rings. The number of aromatic nitrogens is 3. The molecule has 1 aromatic heterocycles. The maximum Gasteiger partial charge on any atom is 0.242 e. The number of hydrogen-bond acceptors (Lipinski definition) is 3. The minimum atomic E-state index is -0.295. The van der Waals surface area contributed by atoms with Crippen LogP contribution in [-0.2, 0) is 4.79 Å². The Bertz CT molecular complexity index is 432. The summed E-state index contributed by atoms with van der Waals surface area (Å²) in [6.07, 6.45) is 2.28. The highest BCUT2D eigenvalue weighted by molar-refractivity contribution is 7.71. The molecule has 2 N–H and O–H groups in total. The average Bonchev–Trinajstić information content (AvgIpc) is 3.00. The Labute approximate surface area is 92.9 Å². The summed E-state index contributed by atoms with van der Waals surface area (Å²) >= 11 is 5.13. The highest BCUT2D eigenvalue weighted by Gasteiger charge is 2.31. The molecule has 6 heteroatoms. The summed E-state index contributed by atoms with van der Waals surface area (Å²) in [4.78, 5) is 11.5. The molecule has 0 spiro atoms. The third-order valence-corrected chi connectivity index (χ3v) is 2.98. The Morgan fingerprint density at radius 3 is 2.93 bits per heavy atom. The fourth-order valence-electron chi connectivity index (χ4n) is 1.65. The summed E-state index contributed by atoms with van der Waals surface area (Å²) in [5.41, 5.74) is 0. The Morgan fingerprint density at radius 2 is 2.40 bits per heavy atom. The summed E-state index contributed by atoms with van der Waals surface area (Å²) in [6.45, 7) is 1.83. The van der Waals surface area contributed by atoms with Gasteiger partial charge >= 0.3 is 0 Å². The fourth-order valence-corrected chi connectivity index (χ4v) is 1.94. The van der Waals surface area contributed by atoms with Crippen molar-refractivity contribution >= 4 is 18.1 Å². The van der Waals surface area contributed by atoms with Crippen LogP contribution < -0.4 is 5.32 Å². The van der Waals surface area contributed by atoms with Gasteiger partial charge in [0.25, 0.3) is 0 Å². The number of rotatable bonds is 3. The molecular formula is C9H14N4OS. The van der Waals surface area contributed by atoms with Crippen LogP contribution in [0.4, 0.5) is 0 Å². The summed E-state index contributed by atoms with van der Waals surface area (Å²) in [5.74, 6) is 1.34. The Hall–Kier alpha value is -1.17. The zero-order valence-corrected chi connectivity index (χ0v) is 9.60. The van der Waals surface area contributed by atoms with Crippen LogP contribution in [0.2, 0.25) is 0 Å². The largest absolute Gasteiger partial charge is 0.357 e. The molecule has 0 aromatic carbocycles. The number of carbonyl (C=O) groups is 1. The highest BCUT2D eigenvalue weighted by Crippen LogP contribution is 2.39. The van der Waals surface area contributed by atoms with Gasteiger partial charge in [-0.15, -0.1) is 0 Å². The lowest BCUT2D eigenvalue weighted by Crippen LogP contribution is -2.28.